The van der Waals surface area contributed by atoms with E-state index in [-0.39, 0.29) is 0 Å². The Labute approximate surface area is 176 Å². The number of piperazine rings is 1. The Morgan fingerprint density at radius 1 is 0.833 bits per heavy atom. The summed E-state index contributed by atoms with van der Waals surface area (Å²) in [4.78, 5) is 15.7. The first-order chi connectivity index (χ1) is 14.8. The number of hydrogen-bond donors (Lipinski definition) is 0. The van der Waals surface area contributed by atoms with Crippen molar-refractivity contribution >= 4 is 12.0 Å². The molecule has 0 aliphatic carbocycles. The van der Waals surface area contributed by atoms with Crippen molar-refractivity contribution in [1.29, 1.82) is 0 Å². The molecule has 2 aliphatic rings. The van der Waals surface area contributed by atoms with Gasteiger partial charge in [-0.05, 0) is 53.1 Å². The summed E-state index contributed by atoms with van der Waals surface area (Å²) in [6.45, 7) is 5.18. The summed E-state index contributed by atoms with van der Waals surface area (Å²) < 4.78 is 11.0. The standard InChI is InChI=1S/C25H24N2O3/c28-17-19-5-8-22(9-6-19)27-13-11-26(12-14-27)16-21-3-1-2-4-23(21)20-7-10-24-25(15-20)30-18-29-24/h1-10,15,17H,11-14,16,18H2. The third kappa shape index (κ3) is 3.76. The zero-order valence-electron chi connectivity index (χ0n) is 16.8. The molecular weight excluding hydrogens is 376 g/mol. The van der Waals surface area contributed by atoms with Crippen molar-refractivity contribution in [3.63, 3.8) is 0 Å². The third-order valence-corrected chi connectivity index (χ3v) is 5.86. The largest absolute Gasteiger partial charge is 0.454 e. The number of aldehydes is 1. The second kappa shape index (κ2) is 8.20. The van der Waals surface area contributed by atoms with E-state index in [1.807, 2.05) is 30.3 Å². The lowest BCUT2D eigenvalue weighted by molar-refractivity contribution is 0.112. The SMILES string of the molecule is O=Cc1ccc(N2CCN(Cc3ccccc3-c3ccc4c(c3)OCO4)CC2)cc1. The number of hydrogen-bond acceptors (Lipinski definition) is 5. The lowest BCUT2D eigenvalue weighted by atomic mass is 9.98. The van der Waals surface area contributed by atoms with E-state index in [9.17, 15) is 4.79 Å². The summed E-state index contributed by atoms with van der Waals surface area (Å²) in [6, 6.07) is 22.6. The molecule has 5 nitrogen and oxygen atoms in total. The van der Waals surface area contributed by atoms with E-state index in [2.05, 4.69) is 46.2 Å². The van der Waals surface area contributed by atoms with Crippen LogP contribution < -0.4 is 14.4 Å². The Morgan fingerprint density at radius 3 is 2.40 bits per heavy atom. The maximum Gasteiger partial charge on any atom is 0.231 e. The molecule has 5 heteroatoms. The number of benzene rings is 3. The molecule has 3 aromatic carbocycles. The fourth-order valence-electron chi connectivity index (χ4n) is 4.17. The van der Waals surface area contributed by atoms with Crippen molar-refractivity contribution in [1.82, 2.24) is 4.90 Å². The fourth-order valence-corrected chi connectivity index (χ4v) is 4.17. The molecule has 2 aliphatic heterocycles. The number of carbonyl (C=O) groups is 1. The van der Waals surface area contributed by atoms with Gasteiger partial charge in [0.25, 0.3) is 0 Å². The minimum atomic E-state index is 0.294. The van der Waals surface area contributed by atoms with Crippen molar-refractivity contribution in [2.75, 3.05) is 37.9 Å². The van der Waals surface area contributed by atoms with Gasteiger partial charge in [-0.15, -0.1) is 0 Å². The van der Waals surface area contributed by atoms with Gasteiger partial charge in [0.05, 0.1) is 0 Å². The molecule has 152 valence electrons. The molecule has 3 aromatic rings. The van der Waals surface area contributed by atoms with E-state index in [1.54, 1.807) is 0 Å². The molecule has 0 bridgehead atoms. The highest BCUT2D eigenvalue weighted by Crippen LogP contribution is 2.37. The zero-order valence-corrected chi connectivity index (χ0v) is 16.8. The Balaban J connectivity index is 1.27. The number of rotatable bonds is 5. The predicted octanol–water partition coefficient (Wildman–Crippen LogP) is 4.22. The lowest BCUT2D eigenvalue weighted by Crippen LogP contribution is -2.46. The summed E-state index contributed by atoms with van der Waals surface area (Å²) in [5, 5.41) is 0. The van der Waals surface area contributed by atoms with Crippen LogP contribution in [-0.2, 0) is 6.54 Å². The van der Waals surface area contributed by atoms with E-state index in [4.69, 9.17) is 9.47 Å². The Hall–Kier alpha value is -3.31. The first-order valence-electron chi connectivity index (χ1n) is 10.3. The summed E-state index contributed by atoms with van der Waals surface area (Å²) in [5.74, 6) is 1.63. The van der Waals surface area contributed by atoms with Crippen LogP contribution in [0, 0.1) is 0 Å². The van der Waals surface area contributed by atoms with Gasteiger partial charge in [0.15, 0.2) is 11.5 Å². The predicted molar refractivity (Wildman–Crippen MR) is 117 cm³/mol. The van der Waals surface area contributed by atoms with E-state index < -0.39 is 0 Å². The highest BCUT2D eigenvalue weighted by Gasteiger charge is 2.19. The molecule has 30 heavy (non-hydrogen) atoms. The van der Waals surface area contributed by atoms with Crippen molar-refractivity contribution in [2.45, 2.75) is 6.54 Å². The normalized spacial score (nSPS) is 15.9. The quantitative estimate of drug-likeness (QED) is 0.600. The summed E-state index contributed by atoms with van der Waals surface area (Å²) in [7, 11) is 0. The smallest absolute Gasteiger partial charge is 0.231 e. The van der Waals surface area contributed by atoms with Crippen molar-refractivity contribution in [2.24, 2.45) is 0 Å². The van der Waals surface area contributed by atoms with Gasteiger partial charge >= 0.3 is 0 Å². The van der Waals surface area contributed by atoms with Crippen LogP contribution >= 0.6 is 0 Å². The number of anilines is 1. The first kappa shape index (κ1) is 18.7. The van der Waals surface area contributed by atoms with Crippen LogP contribution in [0.2, 0.25) is 0 Å². The molecule has 1 saturated heterocycles. The third-order valence-electron chi connectivity index (χ3n) is 5.86. The van der Waals surface area contributed by atoms with E-state index >= 15 is 0 Å². The highest BCUT2D eigenvalue weighted by molar-refractivity contribution is 5.75. The maximum absolute atomic E-state index is 10.9. The van der Waals surface area contributed by atoms with Crippen LogP contribution in [0.5, 0.6) is 11.5 Å². The van der Waals surface area contributed by atoms with Crippen molar-refractivity contribution < 1.29 is 14.3 Å². The summed E-state index contributed by atoms with van der Waals surface area (Å²) >= 11 is 0. The van der Waals surface area contributed by atoms with Gasteiger partial charge < -0.3 is 14.4 Å². The van der Waals surface area contributed by atoms with Crippen LogP contribution in [0.3, 0.4) is 0 Å². The van der Waals surface area contributed by atoms with Gasteiger partial charge in [-0.2, -0.15) is 0 Å². The molecule has 0 unspecified atom stereocenters. The summed E-state index contributed by atoms with van der Waals surface area (Å²) in [5.41, 5.74) is 5.62. The Bertz CT molecular complexity index is 1040. The van der Waals surface area contributed by atoms with Gasteiger partial charge in [-0.3, -0.25) is 9.69 Å². The molecule has 0 radical (unpaired) electrons. The molecule has 1 fully saturated rings. The molecule has 2 heterocycles. The number of carbonyl (C=O) groups excluding carboxylic acids is 1. The minimum Gasteiger partial charge on any atom is -0.454 e. The fraction of sp³-hybridized carbons (Fsp3) is 0.240. The first-order valence-corrected chi connectivity index (χ1v) is 10.3. The molecule has 5 rings (SSSR count). The Kier molecular flexibility index (Phi) is 5.11. The molecule has 0 N–H and O–H groups in total. The monoisotopic (exact) mass is 400 g/mol. The Morgan fingerprint density at radius 2 is 1.60 bits per heavy atom. The van der Waals surface area contributed by atoms with Gasteiger partial charge in [0.2, 0.25) is 6.79 Å². The van der Waals surface area contributed by atoms with Gasteiger partial charge in [-0.1, -0.05) is 30.3 Å². The minimum absolute atomic E-state index is 0.294. The maximum atomic E-state index is 10.9. The average molecular weight is 400 g/mol. The summed E-state index contributed by atoms with van der Waals surface area (Å²) in [6.07, 6.45) is 0.888. The lowest BCUT2D eigenvalue weighted by Gasteiger charge is -2.36. The molecule has 0 spiro atoms. The van der Waals surface area contributed by atoms with E-state index in [0.717, 1.165) is 61.6 Å². The second-order valence-corrected chi connectivity index (χ2v) is 7.70. The van der Waals surface area contributed by atoms with Crippen LogP contribution in [-0.4, -0.2) is 44.2 Å². The average Bonchev–Trinajstić information content (AvgIpc) is 3.28. The number of nitrogens with zero attached hydrogens (tertiary/aromatic N) is 2. The van der Waals surface area contributed by atoms with Crippen LogP contribution in [0.25, 0.3) is 11.1 Å². The molecule has 0 aromatic heterocycles. The molecule has 0 saturated carbocycles. The van der Waals surface area contributed by atoms with Crippen LogP contribution in [0.4, 0.5) is 5.69 Å². The molecule has 0 atom stereocenters. The van der Waals surface area contributed by atoms with Crippen molar-refractivity contribution in [3.05, 3.63) is 77.9 Å². The van der Waals surface area contributed by atoms with Crippen molar-refractivity contribution in [3.8, 4) is 22.6 Å². The van der Waals surface area contributed by atoms with Crippen LogP contribution in [0.1, 0.15) is 15.9 Å². The highest BCUT2D eigenvalue weighted by atomic mass is 16.7. The second-order valence-electron chi connectivity index (χ2n) is 7.70. The van der Waals surface area contributed by atoms with Crippen LogP contribution in [0.15, 0.2) is 66.7 Å². The van der Waals surface area contributed by atoms with Gasteiger partial charge in [0, 0.05) is 44.0 Å². The zero-order chi connectivity index (χ0) is 20.3. The topological polar surface area (TPSA) is 42.0 Å². The van der Waals surface area contributed by atoms with Gasteiger partial charge in [-0.25, -0.2) is 0 Å². The molecule has 0 amide bonds. The number of ether oxygens (including phenoxy) is 2. The number of fused-ring (bicyclic) bond motifs is 1. The van der Waals surface area contributed by atoms with Gasteiger partial charge in [0.1, 0.15) is 6.29 Å². The molecular formula is C25H24N2O3. The van der Waals surface area contributed by atoms with E-state index in [0.29, 0.717) is 6.79 Å². The van der Waals surface area contributed by atoms with E-state index in [1.165, 1.54) is 16.8 Å².